The molecule has 0 unspecified atom stereocenters. The zero-order valence-electron chi connectivity index (χ0n) is 12.7. The zero-order valence-corrected chi connectivity index (χ0v) is 15.7. The predicted octanol–water partition coefficient (Wildman–Crippen LogP) is 4.74. The van der Waals surface area contributed by atoms with E-state index >= 15 is 0 Å². The van der Waals surface area contributed by atoms with Gasteiger partial charge in [-0.1, -0.05) is 64.6 Å². The minimum Gasteiger partial charge on any atom is -0.324 e. The Morgan fingerprint density at radius 3 is 2.24 bits per heavy atom. The van der Waals surface area contributed by atoms with E-state index in [0.29, 0.717) is 17.8 Å². The van der Waals surface area contributed by atoms with Gasteiger partial charge in [-0.25, -0.2) is 0 Å². The number of rotatable bonds is 4. The van der Waals surface area contributed by atoms with E-state index in [1.54, 1.807) is 12.1 Å². The van der Waals surface area contributed by atoms with E-state index in [2.05, 4.69) is 10.6 Å². The molecule has 1 aliphatic carbocycles. The SMILES string of the molecule is O=C(Nc1ccc2c(c1)Cc1cccc(NC(=O)C(Cl)Cl)c1-2)C(Cl)Cl. The molecule has 2 amide bonds. The highest BCUT2D eigenvalue weighted by Crippen LogP contribution is 2.42. The normalized spacial score (nSPS) is 12.1. The Bertz CT molecular complexity index is 853. The van der Waals surface area contributed by atoms with E-state index in [-0.39, 0.29) is 0 Å². The fourth-order valence-electron chi connectivity index (χ4n) is 2.82. The molecule has 4 nitrogen and oxygen atoms in total. The average molecular weight is 418 g/mol. The molecule has 2 aromatic carbocycles. The lowest BCUT2D eigenvalue weighted by molar-refractivity contribution is -0.115. The van der Waals surface area contributed by atoms with Gasteiger partial charge in [0.1, 0.15) is 0 Å². The minimum atomic E-state index is -1.15. The quantitative estimate of drug-likeness (QED) is 0.602. The Labute approximate surface area is 164 Å². The summed E-state index contributed by atoms with van der Waals surface area (Å²) in [5.74, 6) is -0.966. The Kier molecular flexibility index (Phi) is 5.44. The summed E-state index contributed by atoms with van der Waals surface area (Å²) in [6, 6.07) is 11.1. The van der Waals surface area contributed by atoms with E-state index in [0.717, 1.165) is 22.3 Å². The summed E-state index contributed by atoms with van der Waals surface area (Å²) in [6.45, 7) is 0. The van der Waals surface area contributed by atoms with Crippen molar-refractivity contribution in [3.63, 3.8) is 0 Å². The van der Waals surface area contributed by atoms with Crippen molar-refractivity contribution in [3.05, 3.63) is 47.5 Å². The molecule has 0 fully saturated rings. The molecular formula is C17H12Cl4N2O2. The number of anilines is 2. The summed E-state index contributed by atoms with van der Waals surface area (Å²) in [6.07, 6.45) is 0.675. The van der Waals surface area contributed by atoms with Gasteiger partial charge >= 0.3 is 0 Å². The third kappa shape index (κ3) is 3.87. The first-order valence-corrected chi connectivity index (χ1v) is 9.04. The molecule has 0 saturated heterocycles. The predicted molar refractivity (Wildman–Crippen MR) is 103 cm³/mol. The number of alkyl halides is 4. The van der Waals surface area contributed by atoms with Crippen LogP contribution in [0.5, 0.6) is 0 Å². The molecule has 0 bridgehead atoms. The summed E-state index contributed by atoms with van der Waals surface area (Å²) in [4.78, 5) is 21.2. The van der Waals surface area contributed by atoms with Crippen molar-refractivity contribution < 1.29 is 9.59 Å². The minimum absolute atomic E-state index is 0.482. The van der Waals surface area contributed by atoms with Crippen LogP contribution < -0.4 is 10.6 Å². The summed E-state index contributed by atoms with van der Waals surface area (Å²) in [7, 11) is 0. The number of halogens is 4. The van der Waals surface area contributed by atoms with Gasteiger partial charge in [-0.2, -0.15) is 0 Å². The number of hydrogen-bond acceptors (Lipinski definition) is 2. The van der Waals surface area contributed by atoms with Gasteiger partial charge in [-0.15, -0.1) is 0 Å². The molecule has 0 radical (unpaired) electrons. The van der Waals surface area contributed by atoms with Crippen molar-refractivity contribution in [2.45, 2.75) is 16.1 Å². The van der Waals surface area contributed by atoms with Crippen LogP contribution in [0.15, 0.2) is 36.4 Å². The Balaban J connectivity index is 1.93. The number of amides is 2. The zero-order chi connectivity index (χ0) is 18.1. The molecule has 0 aromatic heterocycles. The standard InChI is InChI=1S/C17H12Cl4N2O2/c18-14(19)16(24)22-10-4-5-11-9(7-10)6-8-2-1-3-12(13(8)11)23-17(25)15(20)21/h1-5,7,14-15H,6H2,(H,22,24)(H,23,25). The molecule has 8 heteroatoms. The maximum absolute atomic E-state index is 11.8. The largest absolute Gasteiger partial charge is 0.324 e. The fourth-order valence-corrected chi connectivity index (χ4v) is 3.04. The highest BCUT2D eigenvalue weighted by Gasteiger charge is 2.24. The van der Waals surface area contributed by atoms with Crippen molar-refractivity contribution in [2.75, 3.05) is 10.6 Å². The van der Waals surface area contributed by atoms with Crippen LogP contribution in [-0.4, -0.2) is 21.5 Å². The van der Waals surface area contributed by atoms with Crippen LogP contribution in [0.4, 0.5) is 11.4 Å². The van der Waals surface area contributed by atoms with Gasteiger partial charge in [-0.3, -0.25) is 9.59 Å². The molecule has 0 spiro atoms. The van der Waals surface area contributed by atoms with E-state index in [4.69, 9.17) is 46.4 Å². The molecule has 1 aliphatic rings. The molecule has 2 aromatic rings. The summed E-state index contributed by atoms with van der Waals surface area (Å²) in [5, 5.41) is 5.39. The van der Waals surface area contributed by atoms with Crippen molar-refractivity contribution in [1.82, 2.24) is 0 Å². The number of carbonyl (C=O) groups is 2. The highest BCUT2D eigenvalue weighted by atomic mass is 35.5. The topological polar surface area (TPSA) is 58.2 Å². The van der Waals surface area contributed by atoms with Crippen molar-refractivity contribution in [3.8, 4) is 11.1 Å². The lowest BCUT2D eigenvalue weighted by Gasteiger charge is -2.12. The fraction of sp³-hybridized carbons (Fsp3) is 0.176. The van der Waals surface area contributed by atoms with Crippen LogP contribution in [-0.2, 0) is 16.0 Å². The first kappa shape index (κ1) is 18.3. The van der Waals surface area contributed by atoms with E-state index in [1.165, 1.54) is 0 Å². The maximum atomic E-state index is 11.8. The van der Waals surface area contributed by atoms with Crippen LogP contribution >= 0.6 is 46.4 Å². The van der Waals surface area contributed by atoms with Gasteiger partial charge in [0, 0.05) is 16.9 Å². The summed E-state index contributed by atoms with van der Waals surface area (Å²) < 4.78 is 0. The van der Waals surface area contributed by atoms with Gasteiger partial charge in [0.15, 0.2) is 9.67 Å². The average Bonchev–Trinajstić information content (AvgIpc) is 2.93. The van der Waals surface area contributed by atoms with Crippen molar-refractivity contribution in [2.24, 2.45) is 0 Å². The number of carbonyl (C=O) groups excluding carboxylic acids is 2. The van der Waals surface area contributed by atoms with Crippen LogP contribution in [0.1, 0.15) is 11.1 Å². The summed E-state index contributed by atoms with van der Waals surface area (Å²) in [5.41, 5.74) is 5.22. The first-order chi connectivity index (χ1) is 11.9. The van der Waals surface area contributed by atoms with Crippen LogP contribution in [0.25, 0.3) is 11.1 Å². The Morgan fingerprint density at radius 1 is 0.880 bits per heavy atom. The molecule has 130 valence electrons. The van der Waals surface area contributed by atoms with Crippen LogP contribution in [0.2, 0.25) is 0 Å². The second kappa shape index (κ2) is 7.42. The number of hydrogen-bond donors (Lipinski definition) is 2. The second-order valence-electron chi connectivity index (χ2n) is 5.47. The molecule has 0 saturated carbocycles. The molecule has 0 heterocycles. The monoisotopic (exact) mass is 416 g/mol. The van der Waals surface area contributed by atoms with Crippen molar-refractivity contribution >= 4 is 69.6 Å². The Hall–Kier alpha value is -1.46. The van der Waals surface area contributed by atoms with E-state index in [1.807, 2.05) is 24.3 Å². The molecule has 3 rings (SSSR count). The highest BCUT2D eigenvalue weighted by molar-refractivity contribution is 6.55. The van der Waals surface area contributed by atoms with Crippen LogP contribution in [0.3, 0.4) is 0 Å². The first-order valence-electron chi connectivity index (χ1n) is 7.30. The third-order valence-electron chi connectivity index (χ3n) is 3.83. The number of benzene rings is 2. The second-order valence-corrected chi connectivity index (χ2v) is 7.66. The van der Waals surface area contributed by atoms with Gasteiger partial charge in [0.05, 0.1) is 0 Å². The number of nitrogens with one attached hydrogen (secondary N) is 2. The molecule has 25 heavy (non-hydrogen) atoms. The lowest BCUT2D eigenvalue weighted by Crippen LogP contribution is -2.19. The number of fused-ring (bicyclic) bond motifs is 3. The molecule has 0 atom stereocenters. The van der Waals surface area contributed by atoms with Crippen LogP contribution in [0, 0.1) is 0 Å². The maximum Gasteiger partial charge on any atom is 0.257 e. The van der Waals surface area contributed by atoms with E-state index < -0.39 is 21.5 Å². The molecular weight excluding hydrogens is 406 g/mol. The van der Waals surface area contributed by atoms with Gasteiger partial charge in [0.2, 0.25) is 0 Å². The van der Waals surface area contributed by atoms with E-state index in [9.17, 15) is 9.59 Å². The summed E-state index contributed by atoms with van der Waals surface area (Å²) >= 11 is 22.3. The Morgan fingerprint density at radius 2 is 1.56 bits per heavy atom. The van der Waals surface area contributed by atoms with Gasteiger partial charge in [-0.05, 0) is 41.3 Å². The third-order valence-corrected chi connectivity index (χ3v) is 4.62. The molecule has 0 aliphatic heterocycles. The van der Waals surface area contributed by atoms with Gasteiger partial charge in [0.25, 0.3) is 11.8 Å². The lowest BCUT2D eigenvalue weighted by atomic mass is 10.0. The molecule has 2 N–H and O–H groups in total. The smallest absolute Gasteiger partial charge is 0.257 e. The van der Waals surface area contributed by atoms with Gasteiger partial charge < -0.3 is 10.6 Å². The van der Waals surface area contributed by atoms with Crippen molar-refractivity contribution in [1.29, 1.82) is 0 Å².